The molecule has 1 amide bonds. The number of rotatable bonds is 3. The summed E-state index contributed by atoms with van der Waals surface area (Å²) in [5, 5.41) is 3.03. The molecule has 17 heavy (non-hydrogen) atoms. The fraction of sp³-hybridized carbons (Fsp3) is 0.533. The van der Waals surface area contributed by atoms with Crippen LogP contribution in [0.2, 0.25) is 0 Å². The van der Waals surface area contributed by atoms with Gasteiger partial charge in [0.2, 0.25) is 5.91 Å². The van der Waals surface area contributed by atoms with Gasteiger partial charge in [-0.3, -0.25) is 4.79 Å². The molecule has 0 heterocycles. The Kier molecular flexibility index (Phi) is 4.33. The first kappa shape index (κ1) is 13.8. The first-order valence-electron chi connectivity index (χ1n) is 6.24. The van der Waals surface area contributed by atoms with E-state index in [1.807, 2.05) is 27.7 Å². The molecule has 0 bridgehead atoms. The zero-order valence-corrected chi connectivity index (χ0v) is 11.5. The standard InChI is InChI=1S/C15H23NO/c1-6-12-7-9-13(10-8-12)11(2)16-14(17)15(3,4)5/h7-11H,6H2,1-5H3,(H,16,17). The maximum atomic E-state index is 11.9. The van der Waals surface area contributed by atoms with Gasteiger partial charge in [-0.2, -0.15) is 0 Å². The summed E-state index contributed by atoms with van der Waals surface area (Å²) in [4.78, 5) is 11.9. The lowest BCUT2D eigenvalue weighted by atomic mass is 9.94. The summed E-state index contributed by atoms with van der Waals surface area (Å²) >= 11 is 0. The predicted molar refractivity (Wildman–Crippen MR) is 71.8 cm³/mol. The summed E-state index contributed by atoms with van der Waals surface area (Å²) in [5.41, 5.74) is 2.14. The molecule has 0 aliphatic heterocycles. The normalized spacial score (nSPS) is 13.2. The number of hydrogen-bond acceptors (Lipinski definition) is 1. The van der Waals surface area contributed by atoms with Crippen molar-refractivity contribution in [1.29, 1.82) is 0 Å². The molecule has 1 aromatic carbocycles. The van der Waals surface area contributed by atoms with Crippen molar-refractivity contribution in [3.63, 3.8) is 0 Å². The molecule has 2 heteroatoms. The summed E-state index contributed by atoms with van der Waals surface area (Å²) in [6, 6.07) is 8.48. The summed E-state index contributed by atoms with van der Waals surface area (Å²) in [7, 11) is 0. The summed E-state index contributed by atoms with van der Waals surface area (Å²) in [6.07, 6.45) is 1.04. The molecule has 1 N–H and O–H groups in total. The van der Waals surface area contributed by atoms with Crippen molar-refractivity contribution in [2.75, 3.05) is 0 Å². The van der Waals surface area contributed by atoms with Crippen molar-refractivity contribution in [1.82, 2.24) is 5.32 Å². The number of hydrogen-bond donors (Lipinski definition) is 1. The predicted octanol–water partition coefficient (Wildman–Crippen LogP) is 3.47. The van der Waals surface area contributed by atoms with Gasteiger partial charge < -0.3 is 5.32 Å². The number of nitrogens with one attached hydrogen (secondary N) is 1. The minimum absolute atomic E-state index is 0.0626. The second kappa shape index (κ2) is 5.35. The number of benzene rings is 1. The topological polar surface area (TPSA) is 29.1 Å². The lowest BCUT2D eigenvalue weighted by Gasteiger charge is -2.22. The van der Waals surface area contributed by atoms with Crippen LogP contribution in [0.3, 0.4) is 0 Å². The van der Waals surface area contributed by atoms with Crippen LogP contribution in [0.5, 0.6) is 0 Å². The maximum absolute atomic E-state index is 11.9. The van der Waals surface area contributed by atoms with Gasteiger partial charge in [-0.05, 0) is 24.5 Å². The van der Waals surface area contributed by atoms with Crippen molar-refractivity contribution in [2.24, 2.45) is 5.41 Å². The second-order valence-electron chi connectivity index (χ2n) is 5.54. The van der Waals surface area contributed by atoms with Gasteiger partial charge >= 0.3 is 0 Å². The van der Waals surface area contributed by atoms with Crippen molar-refractivity contribution in [3.8, 4) is 0 Å². The van der Waals surface area contributed by atoms with E-state index in [2.05, 4.69) is 36.5 Å². The van der Waals surface area contributed by atoms with Crippen LogP contribution in [0.25, 0.3) is 0 Å². The van der Waals surface area contributed by atoms with Crippen LogP contribution in [0, 0.1) is 5.41 Å². The van der Waals surface area contributed by atoms with Crippen LogP contribution in [-0.2, 0) is 11.2 Å². The Hall–Kier alpha value is -1.31. The van der Waals surface area contributed by atoms with Crippen LogP contribution in [0.1, 0.15) is 51.8 Å². The molecule has 0 spiro atoms. The molecule has 0 saturated carbocycles. The van der Waals surface area contributed by atoms with E-state index in [4.69, 9.17) is 0 Å². The Labute approximate surface area is 104 Å². The molecule has 0 radical (unpaired) electrons. The fourth-order valence-corrected chi connectivity index (χ4v) is 1.54. The van der Waals surface area contributed by atoms with E-state index >= 15 is 0 Å². The molecule has 1 aromatic rings. The zero-order chi connectivity index (χ0) is 13.1. The quantitative estimate of drug-likeness (QED) is 0.851. The molecule has 1 unspecified atom stereocenters. The largest absolute Gasteiger partial charge is 0.349 e. The van der Waals surface area contributed by atoms with E-state index in [9.17, 15) is 4.79 Å². The third-order valence-electron chi connectivity index (χ3n) is 2.92. The molecule has 94 valence electrons. The lowest BCUT2D eigenvalue weighted by Crippen LogP contribution is -2.36. The third-order valence-corrected chi connectivity index (χ3v) is 2.92. The highest BCUT2D eigenvalue weighted by Gasteiger charge is 2.22. The van der Waals surface area contributed by atoms with E-state index in [0.29, 0.717) is 0 Å². The van der Waals surface area contributed by atoms with Crippen molar-refractivity contribution < 1.29 is 4.79 Å². The van der Waals surface area contributed by atoms with Gasteiger partial charge in [0, 0.05) is 5.41 Å². The molecule has 0 aliphatic rings. The SMILES string of the molecule is CCc1ccc(C(C)NC(=O)C(C)(C)C)cc1. The van der Waals surface area contributed by atoms with Gasteiger partial charge in [0.25, 0.3) is 0 Å². The van der Waals surface area contributed by atoms with Crippen LogP contribution in [-0.4, -0.2) is 5.91 Å². The molecule has 1 atom stereocenters. The maximum Gasteiger partial charge on any atom is 0.225 e. The van der Waals surface area contributed by atoms with Crippen LogP contribution < -0.4 is 5.32 Å². The van der Waals surface area contributed by atoms with Crippen molar-refractivity contribution in [3.05, 3.63) is 35.4 Å². The van der Waals surface area contributed by atoms with E-state index in [0.717, 1.165) is 12.0 Å². The number of carbonyl (C=O) groups excluding carboxylic acids is 1. The molecular weight excluding hydrogens is 210 g/mol. The molecule has 0 aromatic heterocycles. The van der Waals surface area contributed by atoms with Crippen LogP contribution in [0.4, 0.5) is 0 Å². The summed E-state index contributed by atoms with van der Waals surface area (Å²) in [6.45, 7) is 9.93. The molecular formula is C15H23NO. The number of carbonyl (C=O) groups is 1. The average molecular weight is 233 g/mol. The van der Waals surface area contributed by atoms with E-state index in [-0.39, 0.29) is 17.4 Å². The van der Waals surface area contributed by atoms with Crippen LogP contribution in [0.15, 0.2) is 24.3 Å². The number of aryl methyl sites for hydroxylation is 1. The van der Waals surface area contributed by atoms with Crippen molar-refractivity contribution in [2.45, 2.75) is 47.1 Å². The smallest absolute Gasteiger partial charge is 0.225 e. The second-order valence-corrected chi connectivity index (χ2v) is 5.54. The van der Waals surface area contributed by atoms with Crippen LogP contribution >= 0.6 is 0 Å². The molecule has 2 nitrogen and oxygen atoms in total. The van der Waals surface area contributed by atoms with Gasteiger partial charge in [-0.15, -0.1) is 0 Å². The fourth-order valence-electron chi connectivity index (χ4n) is 1.54. The van der Waals surface area contributed by atoms with Gasteiger partial charge in [0.15, 0.2) is 0 Å². The highest BCUT2D eigenvalue weighted by atomic mass is 16.2. The number of amides is 1. The Morgan fingerprint density at radius 2 is 1.76 bits per heavy atom. The lowest BCUT2D eigenvalue weighted by molar-refractivity contribution is -0.129. The first-order valence-corrected chi connectivity index (χ1v) is 6.24. The van der Waals surface area contributed by atoms with Crippen molar-refractivity contribution >= 4 is 5.91 Å². The summed E-state index contributed by atoms with van der Waals surface area (Å²) < 4.78 is 0. The van der Waals surface area contributed by atoms with E-state index in [1.165, 1.54) is 5.56 Å². The van der Waals surface area contributed by atoms with E-state index < -0.39 is 0 Å². The van der Waals surface area contributed by atoms with Gasteiger partial charge in [-0.25, -0.2) is 0 Å². The minimum atomic E-state index is -0.336. The first-order chi connectivity index (χ1) is 7.84. The molecule has 1 rings (SSSR count). The summed E-state index contributed by atoms with van der Waals surface area (Å²) in [5.74, 6) is 0.0876. The highest BCUT2D eigenvalue weighted by Crippen LogP contribution is 2.18. The third kappa shape index (κ3) is 3.88. The van der Waals surface area contributed by atoms with Gasteiger partial charge in [0.1, 0.15) is 0 Å². The molecule has 0 saturated heterocycles. The highest BCUT2D eigenvalue weighted by molar-refractivity contribution is 5.81. The molecule has 0 aliphatic carbocycles. The zero-order valence-electron chi connectivity index (χ0n) is 11.5. The Morgan fingerprint density at radius 1 is 1.24 bits per heavy atom. The van der Waals surface area contributed by atoms with Gasteiger partial charge in [-0.1, -0.05) is 52.0 Å². The Morgan fingerprint density at radius 3 is 2.18 bits per heavy atom. The molecule has 0 fully saturated rings. The van der Waals surface area contributed by atoms with Gasteiger partial charge in [0.05, 0.1) is 6.04 Å². The average Bonchev–Trinajstić information content (AvgIpc) is 2.27. The Bertz CT molecular complexity index is 373. The van der Waals surface area contributed by atoms with E-state index in [1.54, 1.807) is 0 Å². The Balaban J connectivity index is 2.70. The minimum Gasteiger partial charge on any atom is -0.349 e. The monoisotopic (exact) mass is 233 g/mol.